The number of Topliss-reactive ketones (excluding diaryl/α,β-unsaturated/α-hetero) is 1. The Kier molecular flexibility index (Phi) is 6.67. The first-order valence-corrected chi connectivity index (χ1v) is 10.4. The Balaban J connectivity index is 1.57. The average Bonchev–Trinajstić information content (AvgIpc) is 2.85. The highest BCUT2D eigenvalue weighted by atomic mass is 16.2. The molecule has 1 aromatic rings. The van der Waals surface area contributed by atoms with Gasteiger partial charge in [-0.15, -0.1) is 0 Å². The molecule has 1 aliphatic carbocycles. The van der Waals surface area contributed by atoms with E-state index in [0.717, 1.165) is 49.0 Å². The fourth-order valence-electron chi connectivity index (χ4n) is 4.14. The molecule has 1 aliphatic heterocycles. The monoisotopic (exact) mass is 399 g/mol. The van der Waals surface area contributed by atoms with Gasteiger partial charge in [0.05, 0.1) is 6.54 Å². The minimum absolute atomic E-state index is 0.0444. The van der Waals surface area contributed by atoms with Crippen LogP contribution >= 0.6 is 0 Å². The second-order valence-electron chi connectivity index (χ2n) is 8.02. The topological polar surface area (TPSA) is 95.6 Å². The zero-order chi connectivity index (χ0) is 20.9. The average molecular weight is 399 g/mol. The Bertz CT molecular complexity index is 780. The molecular weight excluding hydrogens is 370 g/mol. The van der Waals surface area contributed by atoms with Gasteiger partial charge >= 0.3 is 6.03 Å². The van der Waals surface area contributed by atoms with Gasteiger partial charge in [-0.2, -0.15) is 0 Å². The molecule has 0 atom stereocenters. The summed E-state index contributed by atoms with van der Waals surface area (Å²) in [5.74, 6) is -0.548. The summed E-state index contributed by atoms with van der Waals surface area (Å²) in [6.07, 6.45) is 6.88. The van der Waals surface area contributed by atoms with Crippen LogP contribution < -0.4 is 10.6 Å². The van der Waals surface area contributed by atoms with E-state index in [1.807, 2.05) is 12.1 Å². The number of aryl methyl sites for hydroxylation is 1. The number of benzene rings is 1. The highest BCUT2D eigenvalue weighted by Gasteiger charge is 2.51. The molecule has 7 nitrogen and oxygen atoms in total. The van der Waals surface area contributed by atoms with Crippen LogP contribution in [-0.2, 0) is 16.0 Å². The van der Waals surface area contributed by atoms with E-state index in [2.05, 4.69) is 10.6 Å². The first-order chi connectivity index (χ1) is 13.9. The summed E-state index contributed by atoms with van der Waals surface area (Å²) in [5.41, 5.74) is 0.739. The Morgan fingerprint density at radius 2 is 1.72 bits per heavy atom. The summed E-state index contributed by atoms with van der Waals surface area (Å²) in [6.45, 7) is 1.88. The van der Waals surface area contributed by atoms with Crippen LogP contribution in [0.1, 0.15) is 67.8 Å². The van der Waals surface area contributed by atoms with E-state index in [4.69, 9.17) is 0 Å². The van der Waals surface area contributed by atoms with Crippen LogP contribution in [0, 0.1) is 0 Å². The molecule has 2 aliphatic rings. The third-order valence-electron chi connectivity index (χ3n) is 5.80. The van der Waals surface area contributed by atoms with E-state index in [1.165, 1.54) is 6.92 Å². The maximum atomic E-state index is 12.9. The summed E-state index contributed by atoms with van der Waals surface area (Å²) < 4.78 is 0. The van der Waals surface area contributed by atoms with Crippen LogP contribution in [0.15, 0.2) is 24.3 Å². The molecule has 4 amide bonds. The number of carbonyl (C=O) groups excluding carboxylic acids is 4. The Morgan fingerprint density at radius 1 is 1.07 bits per heavy atom. The zero-order valence-corrected chi connectivity index (χ0v) is 17.0. The van der Waals surface area contributed by atoms with E-state index in [0.29, 0.717) is 24.9 Å². The standard InChI is InChI=1S/C22H29N3O4/c1-16(26)23-14-6-7-17-8-10-18(11-9-17)19(27)15-25-20(28)22(24-21(25)29)12-4-2-3-5-13-22/h8-11H,2-7,12-15H2,1H3,(H,23,26)(H,24,29). The van der Waals surface area contributed by atoms with Crippen LogP contribution in [-0.4, -0.2) is 47.2 Å². The predicted molar refractivity (Wildman–Crippen MR) is 108 cm³/mol. The second-order valence-corrected chi connectivity index (χ2v) is 8.02. The Morgan fingerprint density at radius 3 is 2.34 bits per heavy atom. The van der Waals surface area contributed by atoms with Gasteiger partial charge in [0.15, 0.2) is 5.78 Å². The van der Waals surface area contributed by atoms with Crippen LogP contribution in [0.5, 0.6) is 0 Å². The van der Waals surface area contributed by atoms with E-state index in [1.54, 1.807) is 12.1 Å². The van der Waals surface area contributed by atoms with Crippen LogP contribution in [0.4, 0.5) is 4.79 Å². The van der Waals surface area contributed by atoms with E-state index in [9.17, 15) is 19.2 Å². The highest BCUT2D eigenvalue weighted by molar-refractivity contribution is 6.11. The van der Waals surface area contributed by atoms with Gasteiger partial charge in [0.2, 0.25) is 5.91 Å². The molecule has 2 fully saturated rings. The van der Waals surface area contributed by atoms with E-state index in [-0.39, 0.29) is 24.1 Å². The number of hydrogen-bond acceptors (Lipinski definition) is 4. The summed E-state index contributed by atoms with van der Waals surface area (Å²) in [5, 5.41) is 5.62. The SMILES string of the molecule is CC(=O)NCCCc1ccc(C(=O)CN2C(=O)NC3(CCCCCC3)C2=O)cc1. The molecule has 0 unspecified atom stereocenters. The third-order valence-corrected chi connectivity index (χ3v) is 5.80. The van der Waals surface area contributed by atoms with Gasteiger partial charge in [0.25, 0.3) is 5.91 Å². The van der Waals surface area contributed by atoms with Crippen molar-refractivity contribution in [3.63, 3.8) is 0 Å². The number of ketones is 1. The predicted octanol–water partition coefficient (Wildman–Crippen LogP) is 2.58. The number of amides is 4. The first-order valence-electron chi connectivity index (χ1n) is 10.4. The van der Waals surface area contributed by atoms with Crippen molar-refractivity contribution in [1.29, 1.82) is 0 Å². The summed E-state index contributed by atoms with van der Waals surface area (Å²) >= 11 is 0. The molecule has 1 spiro atoms. The number of hydrogen-bond donors (Lipinski definition) is 2. The van der Waals surface area contributed by atoms with Gasteiger partial charge in [-0.3, -0.25) is 19.3 Å². The number of urea groups is 1. The molecule has 1 heterocycles. The van der Waals surface area contributed by atoms with Gasteiger partial charge in [-0.1, -0.05) is 49.9 Å². The molecule has 0 radical (unpaired) electrons. The lowest BCUT2D eigenvalue weighted by Gasteiger charge is -2.24. The van der Waals surface area contributed by atoms with Gasteiger partial charge < -0.3 is 10.6 Å². The quantitative estimate of drug-likeness (QED) is 0.418. The smallest absolute Gasteiger partial charge is 0.325 e. The van der Waals surface area contributed by atoms with Gasteiger partial charge in [-0.05, 0) is 31.2 Å². The minimum Gasteiger partial charge on any atom is -0.356 e. The molecular formula is C22H29N3O4. The van der Waals surface area contributed by atoms with Crippen molar-refractivity contribution in [3.8, 4) is 0 Å². The van der Waals surface area contributed by atoms with Crippen molar-refractivity contribution in [2.45, 2.75) is 63.8 Å². The normalized spacial score (nSPS) is 18.4. The Hall–Kier alpha value is -2.70. The van der Waals surface area contributed by atoms with Crippen molar-refractivity contribution >= 4 is 23.6 Å². The van der Waals surface area contributed by atoms with Gasteiger partial charge in [0, 0.05) is 19.0 Å². The lowest BCUT2D eigenvalue weighted by Crippen LogP contribution is -2.46. The number of carbonyl (C=O) groups is 4. The summed E-state index contributed by atoms with van der Waals surface area (Å²) in [7, 11) is 0. The maximum Gasteiger partial charge on any atom is 0.325 e. The van der Waals surface area contributed by atoms with Crippen LogP contribution in [0.3, 0.4) is 0 Å². The van der Waals surface area contributed by atoms with Crippen molar-refractivity contribution in [2.24, 2.45) is 0 Å². The minimum atomic E-state index is -0.814. The molecule has 29 heavy (non-hydrogen) atoms. The fraction of sp³-hybridized carbons (Fsp3) is 0.545. The molecule has 2 N–H and O–H groups in total. The summed E-state index contributed by atoms with van der Waals surface area (Å²) in [4.78, 5) is 49.9. The lowest BCUT2D eigenvalue weighted by atomic mass is 9.90. The lowest BCUT2D eigenvalue weighted by molar-refractivity contribution is -0.131. The number of nitrogens with zero attached hydrogens (tertiary/aromatic N) is 1. The fourth-order valence-corrected chi connectivity index (χ4v) is 4.14. The van der Waals surface area contributed by atoms with Crippen LogP contribution in [0.2, 0.25) is 0 Å². The number of nitrogens with one attached hydrogen (secondary N) is 2. The highest BCUT2D eigenvalue weighted by Crippen LogP contribution is 2.32. The molecule has 156 valence electrons. The molecule has 1 saturated carbocycles. The van der Waals surface area contributed by atoms with Crippen molar-refractivity contribution in [1.82, 2.24) is 15.5 Å². The van der Waals surface area contributed by atoms with E-state index >= 15 is 0 Å². The molecule has 3 rings (SSSR count). The third kappa shape index (κ3) is 5.02. The van der Waals surface area contributed by atoms with E-state index < -0.39 is 11.6 Å². The first kappa shape index (κ1) is 21.0. The largest absolute Gasteiger partial charge is 0.356 e. The van der Waals surface area contributed by atoms with Gasteiger partial charge in [0.1, 0.15) is 5.54 Å². The molecule has 0 bridgehead atoms. The molecule has 1 saturated heterocycles. The Labute approximate surface area is 171 Å². The summed E-state index contributed by atoms with van der Waals surface area (Å²) in [6, 6.07) is 6.76. The van der Waals surface area contributed by atoms with Gasteiger partial charge in [-0.25, -0.2) is 4.79 Å². The van der Waals surface area contributed by atoms with Crippen molar-refractivity contribution < 1.29 is 19.2 Å². The number of imide groups is 1. The molecule has 7 heteroatoms. The zero-order valence-electron chi connectivity index (χ0n) is 17.0. The maximum absolute atomic E-state index is 12.9. The molecule has 0 aromatic heterocycles. The second kappa shape index (κ2) is 9.20. The van der Waals surface area contributed by atoms with Crippen molar-refractivity contribution in [2.75, 3.05) is 13.1 Å². The molecule has 1 aromatic carbocycles. The van der Waals surface area contributed by atoms with Crippen molar-refractivity contribution in [3.05, 3.63) is 35.4 Å². The van der Waals surface area contributed by atoms with Crippen LogP contribution in [0.25, 0.3) is 0 Å². The number of rotatable bonds is 7.